The molecule has 2 aromatic rings. The smallest absolute Gasteiger partial charge is 0.251 e. The molecule has 1 aromatic heterocycles. The summed E-state index contributed by atoms with van der Waals surface area (Å²) in [6.45, 7) is 5.07. The predicted octanol–water partition coefficient (Wildman–Crippen LogP) is 1.51. The van der Waals surface area contributed by atoms with E-state index in [2.05, 4.69) is 23.8 Å². The van der Waals surface area contributed by atoms with Crippen molar-refractivity contribution in [2.75, 3.05) is 13.2 Å². The van der Waals surface area contributed by atoms with Gasteiger partial charge in [0, 0.05) is 24.6 Å². The van der Waals surface area contributed by atoms with E-state index in [-0.39, 0.29) is 5.56 Å². The zero-order valence-corrected chi connectivity index (χ0v) is 12.5. The van der Waals surface area contributed by atoms with Crippen molar-refractivity contribution >= 4 is 0 Å². The van der Waals surface area contributed by atoms with E-state index >= 15 is 0 Å². The minimum Gasteiger partial charge on any atom is -0.493 e. The van der Waals surface area contributed by atoms with Crippen LogP contribution in [0.4, 0.5) is 0 Å². The molecule has 0 unspecified atom stereocenters. The number of aryl methyl sites for hydroxylation is 2. The summed E-state index contributed by atoms with van der Waals surface area (Å²) in [5.74, 6) is 1.47. The molecule has 112 valence electrons. The zero-order chi connectivity index (χ0) is 15.2. The van der Waals surface area contributed by atoms with Crippen LogP contribution in [0, 0.1) is 13.8 Å². The summed E-state index contributed by atoms with van der Waals surface area (Å²) in [6, 6.07) is 7.48. The van der Waals surface area contributed by atoms with E-state index in [1.54, 1.807) is 0 Å². The van der Waals surface area contributed by atoms with E-state index in [9.17, 15) is 4.79 Å². The fourth-order valence-electron chi connectivity index (χ4n) is 2.03. The third kappa shape index (κ3) is 4.43. The lowest BCUT2D eigenvalue weighted by molar-refractivity contribution is 0.318. The second-order valence-corrected chi connectivity index (χ2v) is 5.07. The Morgan fingerprint density at radius 2 is 2.00 bits per heavy atom. The van der Waals surface area contributed by atoms with Crippen LogP contribution in [-0.2, 0) is 12.8 Å². The van der Waals surface area contributed by atoms with Gasteiger partial charge >= 0.3 is 0 Å². The summed E-state index contributed by atoms with van der Waals surface area (Å²) in [4.78, 5) is 18.6. The van der Waals surface area contributed by atoms with Crippen LogP contribution < -0.4 is 16.0 Å². The topological polar surface area (TPSA) is 81.0 Å². The number of nitrogens with one attached hydrogen (secondary N) is 1. The van der Waals surface area contributed by atoms with Crippen molar-refractivity contribution in [3.8, 4) is 5.75 Å². The molecule has 1 heterocycles. The fraction of sp³-hybridized carbons (Fsp3) is 0.375. The number of H-pyrrole nitrogens is 1. The molecule has 0 radical (unpaired) electrons. The largest absolute Gasteiger partial charge is 0.493 e. The van der Waals surface area contributed by atoms with E-state index in [1.807, 2.05) is 18.2 Å². The van der Waals surface area contributed by atoms with Gasteiger partial charge in [-0.3, -0.25) is 4.79 Å². The Kier molecular flexibility index (Phi) is 5.11. The normalized spacial score (nSPS) is 10.6. The summed E-state index contributed by atoms with van der Waals surface area (Å²) in [6.07, 6.45) is 1.16. The Morgan fingerprint density at radius 3 is 2.71 bits per heavy atom. The molecular weight excluding hydrogens is 266 g/mol. The molecule has 2 rings (SSSR count). The van der Waals surface area contributed by atoms with E-state index < -0.39 is 0 Å². The molecule has 0 atom stereocenters. The van der Waals surface area contributed by atoms with Crippen molar-refractivity contribution in [3.05, 3.63) is 57.3 Å². The van der Waals surface area contributed by atoms with Crippen LogP contribution in [0.5, 0.6) is 5.75 Å². The number of hydrogen-bond acceptors (Lipinski definition) is 4. The summed E-state index contributed by atoms with van der Waals surface area (Å²) >= 11 is 0. The molecule has 0 amide bonds. The van der Waals surface area contributed by atoms with Crippen molar-refractivity contribution in [3.63, 3.8) is 0 Å². The molecule has 0 bridgehead atoms. The zero-order valence-electron chi connectivity index (χ0n) is 12.5. The number of nitrogens with zero attached hydrogens (tertiary/aromatic N) is 1. The highest BCUT2D eigenvalue weighted by molar-refractivity contribution is 5.33. The molecule has 0 saturated carbocycles. The lowest BCUT2D eigenvalue weighted by Crippen LogP contribution is -2.16. The third-order valence-corrected chi connectivity index (χ3v) is 3.33. The van der Waals surface area contributed by atoms with Gasteiger partial charge < -0.3 is 15.5 Å². The molecule has 0 fully saturated rings. The molecule has 21 heavy (non-hydrogen) atoms. The number of rotatable bonds is 6. The maximum atomic E-state index is 11.5. The first kappa shape index (κ1) is 15.3. The van der Waals surface area contributed by atoms with Crippen LogP contribution >= 0.6 is 0 Å². The van der Waals surface area contributed by atoms with E-state index in [0.717, 1.165) is 11.4 Å². The Morgan fingerprint density at radius 1 is 1.19 bits per heavy atom. The average molecular weight is 287 g/mol. The number of aromatic amines is 1. The summed E-state index contributed by atoms with van der Waals surface area (Å²) in [5, 5.41) is 0. The van der Waals surface area contributed by atoms with Crippen molar-refractivity contribution < 1.29 is 4.74 Å². The van der Waals surface area contributed by atoms with E-state index in [0.29, 0.717) is 31.8 Å². The van der Waals surface area contributed by atoms with Gasteiger partial charge in [-0.1, -0.05) is 6.07 Å². The van der Waals surface area contributed by atoms with Gasteiger partial charge in [0.1, 0.15) is 11.6 Å². The van der Waals surface area contributed by atoms with Crippen LogP contribution in [-0.4, -0.2) is 23.1 Å². The van der Waals surface area contributed by atoms with Crippen molar-refractivity contribution in [1.82, 2.24) is 9.97 Å². The van der Waals surface area contributed by atoms with Gasteiger partial charge in [-0.2, -0.15) is 0 Å². The molecule has 5 nitrogen and oxygen atoms in total. The van der Waals surface area contributed by atoms with Gasteiger partial charge in [0.15, 0.2) is 0 Å². The highest BCUT2D eigenvalue weighted by atomic mass is 16.5. The summed E-state index contributed by atoms with van der Waals surface area (Å²) in [7, 11) is 0. The quantitative estimate of drug-likeness (QED) is 0.844. The van der Waals surface area contributed by atoms with Gasteiger partial charge in [-0.15, -0.1) is 0 Å². The molecule has 0 aliphatic rings. The molecule has 3 N–H and O–H groups in total. The lowest BCUT2D eigenvalue weighted by atomic mass is 10.1. The van der Waals surface area contributed by atoms with Crippen LogP contribution in [0.2, 0.25) is 0 Å². The Balaban J connectivity index is 1.96. The molecule has 0 spiro atoms. The average Bonchev–Trinajstić information content (AvgIpc) is 2.42. The van der Waals surface area contributed by atoms with Gasteiger partial charge in [-0.05, 0) is 43.7 Å². The van der Waals surface area contributed by atoms with Crippen molar-refractivity contribution in [2.45, 2.75) is 26.7 Å². The second kappa shape index (κ2) is 7.04. The van der Waals surface area contributed by atoms with E-state index in [1.165, 1.54) is 17.2 Å². The molecule has 0 aliphatic heterocycles. The number of nitrogens with two attached hydrogens (primary N) is 1. The van der Waals surface area contributed by atoms with Gasteiger partial charge in [0.05, 0.1) is 6.61 Å². The fourth-order valence-corrected chi connectivity index (χ4v) is 2.03. The summed E-state index contributed by atoms with van der Waals surface area (Å²) in [5.41, 5.74) is 8.50. The van der Waals surface area contributed by atoms with Crippen molar-refractivity contribution in [1.29, 1.82) is 0 Å². The van der Waals surface area contributed by atoms with Gasteiger partial charge in [0.2, 0.25) is 0 Å². The lowest BCUT2D eigenvalue weighted by Gasteiger charge is -2.08. The number of ether oxygens (including phenoxy) is 1. The third-order valence-electron chi connectivity index (χ3n) is 3.33. The first-order valence-corrected chi connectivity index (χ1v) is 7.07. The number of hydrogen-bond donors (Lipinski definition) is 2. The number of benzene rings is 1. The van der Waals surface area contributed by atoms with Crippen LogP contribution in [0.3, 0.4) is 0 Å². The number of aromatic nitrogens is 2. The van der Waals surface area contributed by atoms with Crippen LogP contribution in [0.15, 0.2) is 29.1 Å². The first-order valence-electron chi connectivity index (χ1n) is 7.07. The monoisotopic (exact) mass is 287 g/mol. The standard InChI is InChI=1S/C16H21N3O2/c1-11-3-4-14(9-12(11)2)21-8-6-15-18-13(5-7-17)10-16(20)19-15/h3-4,9-10H,5-8,17H2,1-2H3,(H,18,19,20). The molecule has 1 aromatic carbocycles. The maximum Gasteiger partial charge on any atom is 0.251 e. The Labute approximate surface area is 124 Å². The SMILES string of the molecule is Cc1ccc(OCCc2nc(CCN)cc(=O)[nH]2)cc1C. The maximum absolute atomic E-state index is 11.5. The minimum absolute atomic E-state index is 0.144. The predicted molar refractivity (Wildman–Crippen MR) is 82.7 cm³/mol. The molecule has 0 aliphatic carbocycles. The van der Waals surface area contributed by atoms with E-state index in [4.69, 9.17) is 10.5 Å². The molecular formula is C16H21N3O2. The summed E-state index contributed by atoms with van der Waals surface area (Å²) < 4.78 is 5.70. The van der Waals surface area contributed by atoms with Gasteiger partial charge in [-0.25, -0.2) is 4.98 Å². The Bertz CT molecular complexity index is 665. The Hall–Kier alpha value is -2.14. The van der Waals surface area contributed by atoms with Crippen LogP contribution in [0.1, 0.15) is 22.6 Å². The molecule has 0 saturated heterocycles. The molecule has 5 heteroatoms. The highest BCUT2D eigenvalue weighted by Gasteiger charge is 2.02. The highest BCUT2D eigenvalue weighted by Crippen LogP contribution is 2.16. The first-order chi connectivity index (χ1) is 10.1. The van der Waals surface area contributed by atoms with Crippen molar-refractivity contribution in [2.24, 2.45) is 5.73 Å². The van der Waals surface area contributed by atoms with Gasteiger partial charge in [0.25, 0.3) is 5.56 Å². The second-order valence-electron chi connectivity index (χ2n) is 5.07. The minimum atomic E-state index is -0.144. The van der Waals surface area contributed by atoms with Crippen LogP contribution in [0.25, 0.3) is 0 Å².